The summed E-state index contributed by atoms with van der Waals surface area (Å²) < 4.78 is 13.2. The zero-order valence-corrected chi connectivity index (χ0v) is 8.18. The number of aliphatic hydroxyl groups excluding tert-OH is 1. The molecule has 0 radical (unpaired) electrons. The van der Waals surface area contributed by atoms with E-state index in [2.05, 4.69) is 0 Å². The van der Waals surface area contributed by atoms with Gasteiger partial charge in [-0.1, -0.05) is 24.6 Å². The second kappa shape index (κ2) is 4.58. The second-order valence-electron chi connectivity index (χ2n) is 3.00. The average Bonchev–Trinajstić information content (AvgIpc) is 2.09. The molecule has 1 atom stereocenters. The molecule has 1 aromatic rings. The smallest absolute Gasteiger partial charge is 0.127 e. The van der Waals surface area contributed by atoms with Crippen molar-refractivity contribution in [3.05, 3.63) is 34.6 Å². The standard InChI is InChI=1S/C10H12ClFO/c1-2-9(13)5-7-3-4-8(11)6-10(7)12/h3-4,6,9,13H,2,5H2,1H3. The van der Waals surface area contributed by atoms with Crippen LogP contribution < -0.4 is 0 Å². The SMILES string of the molecule is CCC(O)Cc1ccc(Cl)cc1F. The lowest BCUT2D eigenvalue weighted by Gasteiger charge is -2.08. The van der Waals surface area contributed by atoms with E-state index < -0.39 is 6.10 Å². The Morgan fingerprint density at radius 3 is 2.77 bits per heavy atom. The minimum Gasteiger partial charge on any atom is -0.393 e. The largest absolute Gasteiger partial charge is 0.393 e. The van der Waals surface area contributed by atoms with Crippen LogP contribution in [0.5, 0.6) is 0 Å². The second-order valence-corrected chi connectivity index (χ2v) is 3.44. The van der Waals surface area contributed by atoms with Gasteiger partial charge >= 0.3 is 0 Å². The van der Waals surface area contributed by atoms with Crippen molar-refractivity contribution in [2.45, 2.75) is 25.9 Å². The molecule has 3 heteroatoms. The predicted molar refractivity (Wildman–Crippen MR) is 51.4 cm³/mol. The summed E-state index contributed by atoms with van der Waals surface area (Å²) in [5, 5.41) is 9.69. The van der Waals surface area contributed by atoms with Crippen molar-refractivity contribution in [2.24, 2.45) is 0 Å². The number of rotatable bonds is 3. The van der Waals surface area contributed by atoms with Crippen molar-refractivity contribution in [3.8, 4) is 0 Å². The van der Waals surface area contributed by atoms with Crippen molar-refractivity contribution in [1.29, 1.82) is 0 Å². The van der Waals surface area contributed by atoms with Crippen molar-refractivity contribution in [1.82, 2.24) is 0 Å². The van der Waals surface area contributed by atoms with E-state index in [0.29, 0.717) is 23.4 Å². The minimum absolute atomic E-state index is 0.347. The molecular weight excluding hydrogens is 191 g/mol. The Labute approximate surface area is 82.2 Å². The van der Waals surface area contributed by atoms with Gasteiger partial charge in [0, 0.05) is 11.4 Å². The summed E-state index contributed by atoms with van der Waals surface area (Å²) in [7, 11) is 0. The third-order valence-electron chi connectivity index (χ3n) is 1.94. The van der Waals surface area contributed by atoms with Gasteiger partial charge in [-0.25, -0.2) is 4.39 Å². The maximum Gasteiger partial charge on any atom is 0.127 e. The maximum atomic E-state index is 13.2. The van der Waals surface area contributed by atoms with Crippen LogP contribution in [0.15, 0.2) is 18.2 Å². The highest BCUT2D eigenvalue weighted by Gasteiger charge is 2.07. The van der Waals surface area contributed by atoms with Crippen LogP contribution in [0.4, 0.5) is 4.39 Å². The fourth-order valence-corrected chi connectivity index (χ4v) is 1.24. The van der Waals surface area contributed by atoms with E-state index in [1.54, 1.807) is 12.1 Å². The summed E-state index contributed by atoms with van der Waals surface area (Å²) in [6.45, 7) is 1.86. The number of benzene rings is 1. The lowest BCUT2D eigenvalue weighted by Crippen LogP contribution is -2.09. The van der Waals surface area contributed by atoms with Crippen molar-refractivity contribution >= 4 is 11.6 Å². The molecule has 72 valence electrons. The highest BCUT2D eigenvalue weighted by Crippen LogP contribution is 2.16. The minimum atomic E-state index is -0.476. The van der Waals surface area contributed by atoms with Gasteiger partial charge in [0.15, 0.2) is 0 Å². The van der Waals surface area contributed by atoms with Crippen LogP contribution in [0.1, 0.15) is 18.9 Å². The fourth-order valence-electron chi connectivity index (χ4n) is 1.09. The Morgan fingerprint density at radius 1 is 1.54 bits per heavy atom. The molecule has 1 aromatic carbocycles. The lowest BCUT2D eigenvalue weighted by atomic mass is 10.1. The fraction of sp³-hybridized carbons (Fsp3) is 0.400. The van der Waals surface area contributed by atoms with Crippen LogP contribution in [0.3, 0.4) is 0 Å². The number of halogens is 2. The highest BCUT2D eigenvalue weighted by molar-refractivity contribution is 6.30. The first-order valence-corrected chi connectivity index (χ1v) is 4.63. The molecule has 1 rings (SSSR count). The van der Waals surface area contributed by atoms with Gasteiger partial charge in [0.05, 0.1) is 6.10 Å². The van der Waals surface area contributed by atoms with E-state index >= 15 is 0 Å². The van der Waals surface area contributed by atoms with E-state index in [0.717, 1.165) is 0 Å². The quantitative estimate of drug-likeness (QED) is 0.799. The van der Waals surface area contributed by atoms with Crippen LogP contribution in [0.2, 0.25) is 5.02 Å². The number of hydrogen-bond donors (Lipinski definition) is 1. The van der Waals surface area contributed by atoms with Crippen LogP contribution in [0, 0.1) is 5.82 Å². The Morgan fingerprint density at radius 2 is 2.23 bits per heavy atom. The van der Waals surface area contributed by atoms with E-state index in [4.69, 9.17) is 11.6 Å². The average molecular weight is 203 g/mol. The molecule has 0 spiro atoms. The summed E-state index contributed by atoms with van der Waals surface area (Å²) >= 11 is 5.58. The third-order valence-corrected chi connectivity index (χ3v) is 2.18. The Bertz CT molecular complexity index is 288. The van der Waals surface area contributed by atoms with Crippen LogP contribution in [-0.4, -0.2) is 11.2 Å². The first kappa shape index (κ1) is 10.5. The molecule has 1 unspecified atom stereocenters. The molecule has 0 heterocycles. The van der Waals surface area contributed by atoms with Crippen molar-refractivity contribution in [2.75, 3.05) is 0 Å². The number of hydrogen-bond acceptors (Lipinski definition) is 1. The van der Waals surface area contributed by atoms with Crippen molar-refractivity contribution < 1.29 is 9.50 Å². The van der Waals surface area contributed by atoms with Crippen LogP contribution in [-0.2, 0) is 6.42 Å². The third kappa shape index (κ3) is 2.98. The van der Waals surface area contributed by atoms with E-state index in [-0.39, 0.29) is 5.82 Å². The first-order chi connectivity index (χ1) is 6.13. The van der Waals surface area contributed by atoms with Gasteiger partial charge in [0.1, 0.15) is 5.82 Å². The molecule has 1 nitrogen and oxygen atoms in total. The molecule has 0 fully saturated rings. The normalized spacial score (nSPS) is 12.9. The zero-order chi connectivity index (χ0) is 9.84. The molecule has 0 aliphatic heterocycles. The lowest BCUT2D eigenvalue weighted by molar-refractivity contribution is 0.169. The molecular formula is C10H12ClFO. The van der Waals surface area contributed by atoms with E-state index in [1.165, 1.54) is 6.07 Å². The molecule has 0 aromatic heterocycles. The van der Waals surface area contributed by atoms with E-state index in [1.807, 2.05) is 6.92 Å². The molecule has 0 saturated carbocycles. The van der Waals surface area contributed by atoms with Crippen LogP contribution in [0.25, 0.3) is 0 Å². The maximum absolute atomic E-state index is 13.2. The Balaban J connectivity index is 2.77. The van der Waals surface area contributed by atoms with Gasteiger partial charge in [-0.2, -0.15) is 0 Å². The predicted octanol–water partition coefficient (Wildman–Crippen LogP) is 2.79. The van der Waals surface area contributed by atoms with Crippen LogP contribution >= 0.6 is 11.6 Å². The topological polar surface area (TPSA) is 20.2 Å². The van der Waals surface area contributed by atoms with Crippen molar-refractivity contribution in [3.63, 3.8) is 0 Å². The molecule has 13 heavy (non-hydrogen) atoms. The Hall–Kier alpha value is -0.600. The van der Waals surface area contributed by atoms with E-state index in [9.17, 15) is 9.50 Å². The molecule has 0 aliphatic rings. The molecule has 0 saturated heterocycles. The summed E-state index contributed by atoms with van der Waals surface area (Å²) in [4.78, 5) is 0. The molecule has 0 bridgehead atoms. The van der Waals surface area contributed by atoms with Gasteiger partial charge in [-0.05, 0) is 24.1 Å². The summed E-state index contributed by atoms with van der Waals surface area (Å²) in [6.07, 6.45) is 0.498. The van der Waals surface area contributed by atoms with Gasteiger partial charge in [0.2, 0.25) is 0 Å². The van der Waals surface area contributed by atoms with Gasteiger partial charge in [0.25, 0.3) is 0 Å². The highest BCUT2D eigenvalue weighted by atomic mass is 35.5. The summed E-state index contributed by atoms with van der Waals surface area (Å²) in [6, 6.07) is 4.50. The molecule has 0 aliphatic carbocycles. The van der Waals surface area contributed by atoms with Gasteiger partial charge in [-0.3, -0.25) is 0 Å². The summed E-state index contributed by atoms with van der Waals surface area (Å²) in [5.41, 5.74) is 0.513. The first-order valence-electron chi connectivity index (χ1n) is 4.25. The Kier molecular flexibility index (Phi) is 3.70. The monoisotopic (exact) mass is 202 g/mol. The molecule has 1 N–H and O–H groups in total. The summed E-state index contributed by atoms with van der Waals surface area (Å²) in [5.74, 6) is -0.347. The van der Waals surface area contributed by atoms with Gasteiger partial charge < -0.3 is 5.11 Å². The number of aliphatic hydroxyl groups is 1. The zero-order valence-electron chi connectivity index (χ0n) is 7.43. The van der Waals surface area contributed by atoms with Gasteiger partial charge in [-0.15, -0.1) is 0 Å². The molecule has 0 amide bonds.